The molecule has 0 saturated carbocycles. The van der Waals surface area contributed by atoms with Gasteiger partial charge in [0.15, 0.2) is 0 Å². The maximum Gasteiger partial charge on any atom is 0.145 e. The number of benzene rings is 2. The Morgan fingerprint density at radius 2 is 2.15 bits per heavy atom. The molecule has 0 radical (unpaired) electrons. The van der Waals surface area contributed by atoms with E-state index in [0.717, 1.165) is 40.6 Å². The van der Waals surface area contributed by atoms with E-state index in [2.05, 4.69) is 52.0 Å². The molecule has 6 heteroatoms. The molecule has 0 atom stereocenters. The van der Waals surface area contributed by atoms with Gasteiger partial charge in [0.2, 0.25) is 0 Å². The van der Waals surface area contributed by atoms with Gasteiger partial charge in [-0.15, -0.1) is 0 Å². The van der Waals surface area contributed by atoms with Crippen molar-refractivity contribution in [2.24, 2.45) is 12.0 Å². The van der Waals surface area contributed by atoms with Crippen LogP contribution in [0.5, 0.6) is 5.75 Å². The van der Waals surface area contributed by atoms with Gasteiger partial charge in [0.25, 0.3) is 0 Å². The number of amidine groups is 1. The van der Waals surface area contributed by atoms with E-state index in [4.69, 9.17) is 16.3 Å². The van der Waals surface area contributed by atoms with Crippen molar-refractivity contribution in [1.82, 2.24) is 14.9 Å². The first-order chi connectivity index (χ1) is 13.1. The minimum absolute atomic E-state index is 0.405. The van der Waals surface area contributed by atoms with Crippen molar-refractivity contribution in [2.75, 3.05) is 19.7 Å². The molecule has 5 nitrogen and oxygen atoms in total. The highest BCUT2D eigenvalue weighted by molar-refractivity contribution is 6.39. The first-order valence-electron chi connectivity index (χ1n) is 8.99. The molecule has 3 heterocycles. The van der Waals surface area contributed by atoms with E-state index in [1.165, 1.54) is 16.5 Å². The standard InChI is InChI=1S/C21H19ClN4O/c1-12-14-5-6-23-10-13(14)9-15-19-16(26(2)21(12)15)3-4-17(20(19)22)27-11-18-24-7-8-25-18/h3-6,9-10H,7-8,11H2,1-2H3,(H,24,25). The number of rotatable bonds is 3. The lowest BCUT2D eigenvalue weighted by atomic mass is 10.0. The Bertz CT molecular complexity index is 1240. The van der Waals surface area contributed by atoms with Crippen LogP contribution in [0.25, 0.3) is 32.6 Å². The summed E-state index contributed by atoms with van der Waals surface area (Å²) in [7, 11) is 2.08. The van der Waals surface area contributed by atoms with Gasteiger partial charge in [-0.1, -0.05) is 11.6 Å². The Morgan fingerprint density at radius 1 is 1.26 bits per heavy atom. The Kier molecular flexibility index (Phi) is 3.72. The molecule has 0 bridgehead atoms. The van der Waals surface area contributed by atoms with Crippen molar-refractivity contribution in [3.8, 4) is 5.75 Å². The van der Waals surface area contributed by atoms with Crippen LogP contribution in [0.1, 0.15) is 5.56 Å². The minimum atomic E-state index is 0.405. The van der Waals surface area contributed by atoms with Crippen LogP contribution >= 0.6 is 11.6 Å². The molecule has 0 unspecified atom stereocenters. The predicted molar refractivity (Wildman–Crippen MR) is 111 cm³/mol. The molecule has 0 aliphatic carbocycles. The number of hydrogen-bond acceptors (Lipinski definition) is 4. The van der Waals surface area contributed by atoms with Gasteiger partial charge >= 0.3 is 0 Å². The largest absolute Gasteiger partial charge is 0.484 e. The molecule has 1 aliphatic rings. The fourth-order valence-corrected chi connectivity index (χ4v) is 4.36. The molecule has 0 amide bonds. The van der Waals surface area contributed by atoms with Gasteiger partial charge in [0, 0.05) is 42.1 Å². The number of fused-ring (bicyclic) bond motifs is 4. The summed E-state index contributed by atoms with van der Waals surface area (Å²) >= 11 is 6.81. The number of pyridine rings is 1. The van der Waals surface area contributed by atoms with Gasteiger partial charge in [-0.3, -0.25) is 9.98 Å². The Hall–Kier alpha value is -2.79. The van der Waals surface area contributed by atoms with Gasteiger partial charge in [-0.2, -0.15) is 0 Å². The number of aromatic nitrogens is 2. The molecule has 27 heavy (non-hydrogen) atoms. The van der Waals surface area contributed by atoms with Gasteiger partial charge in [-0.25, -0.2) is 0 Å². The quantitative estimate of drug-likeness (QED) is 0.580. The molecule has 136 valence electrons. The topological polar surface area (TPSA) is 51.4 Å². The molecule has 4 aromatic rings. The third-order valence-electron chi connectivity index (χ3n) is 5.32. The van der Waals surface area contributed by atoms with Crippen molar-refractivity contribution < 1.29 is 4.74 Å². The second-order valence-corrected chi connectivity index (χ2v) is 7.25. The maximum atomic E-state index is 6.81. The van der Waals surface area contributed by atoms with Crippen molar-refractivity contribution in [3.63, 3.8) is 0 Å². The van der Waals surface area contributed by atoms with E-state index in [1.54, 1.807) is 0 Å². The van der Waals surface area contributed by atoms with Crippen molar-refractivity contribution in [2.45, 2.75) is 6.92 Å². The lowest BCUT2D eigenvalue weighted by molar-refractivity contribution is 0.374. The first kappa shape index (κ1) is 16.4. The molecule has 5 rings (SSSR count). The van der Waals surface area contributed by atoms with Crippen molar-refractivity contribution in [3.05, 3.63) is 47.2 Å². The number of nitrogens with zero attached hydrogens (tertiary/aromatic N) is 3. The molecule has 1 aliphatic heterocycles. The van der Waals surface area contributed by atoms with Gasteiger partial charge < -0.3 is 14.6 Å². The SMILES string of the molecule is Cc1c2ccncc2cc2c3c(Cl)c(OCC4=NCCN4)ccc3n(C)c12. The van der Waals surface area contributed by atoms with Crippen LogP contribution in [0.3, 0.4) is 0 Å². The monoisotopic (exact) mass is 378 g/mol. The van der Waals surface area contributed by atoms with Gasteiger partial charge in [-0.05, 0) is 42.1 Å². The summed E-state index contributed by atoms with van der Waals surface area (Å²) in [6, 6.07) is 8.25. The molecule has 2 aromatic carbocycles. The zero-order valence-corrected chi connectivity index (χ0v) is 16.0. The summed E-state index contributed by atoms with van der Waals surface area (Å²) in [5.41, 5.74) is 3.50. The van der Waals surface area contributed by atoms with Crippen LogP contribution in [0, 0.1) is 6.92 Å². The second-order valence-electron chi connectivity index (χ2n) is 6.87. The second kappa shape index (κ2) is 6.13. The zero-order chi connectivity index (χ0) is 18.5. The molecule has 2 aromatic heterocycles. The fourth-order valence-electron chi connectivity index (χ4n) is 4.04. The van der Waals surface area contributed by atoms with Crippen LogP contribution in [0.4, 0.5) is 0 Å². The first-order valence-corrected chi connectivity index (χ1v) is 9.37. The number of aryl methyl sites for hydroxylation is 2. The molecule has 0 spiro atoms. The number of aliphatic imine (C=N–C) groups is 1. The van der Waals surface area contributed by atoms with Gasteiger partial charge in [0.1, 0.15) is 18.2 Å². The Labute approximate surface area is 161 Å². The van der Waals surface area contributed by atoms with E-state index in [1.807, 2.05) is 18.5 Å². The normalized spacial score (nSPS) is 14.1. The summed E-state index contributed by atoms with van der Waals surface area (Å²) in [6.45, 7) is 4.23. The highest BCUT2D eigenvalue weighted by Crippen LogP contribution is 2.41. The summed E-state index contributed by atoms with van der Waals surface area (Å²) in [6.07, 6.45) is 3.74. The average molecular weight is 379 g/mol. The number of ether oxygens (including phenoxy) is 1. The van der Waals surface area contributed by atoms with E-state index < -0.39 is 0 Å². The Morgan fingerprint density at radius 3 is 2.96 bits per heavy atom. The predicted octanol–water partition coefficient (Wildman–Crippen LogP) is 4.22. The number of halogens is 1. The summed E-state index contributed by atoms with van der Waals surface area (Å²) in [5.74, 6) is 1.55. The molecule has 0 fully saturated rings. The summed E-state index contributed by atoms with van der Waals surface area (Å²) in [5, 5.41) is 8.31. The van der Waals surface area contributed by atoms with Crippen LogP contribution in [-0.2, 0) is 7.05 Å². The fraction of sp³-hybridized carbons (Fsp3) is 0.238. The van der Waals surface area contributed by atoms with E-state index in [9.17, 15) is 0 Å². The van der Waals surface area contributed by atoms with E-state index in [0.29, 0.717) is 17.4 Å². The van der Waals surface area contributed by atoms with Crippen LogP contribution in [0.2, 0.25) is 5.02 Å². The van der Waals surface area contributed by atoms with Crippen molar-refractivity contribution in [1.29, 1.82) is 0 Å². The zero-order valence-electron chi connectivity index (χ0n) is 15.2. The molecular formula is C21H19ClN4O. The van der Waals surface area contributed by atoms with Crippen molar-refractivity contribution >= 4 is 50.0 Å². The summed E-state index contributed by atoms with van der Waals surface area (Å²) in [4.78, 5) is 8.65. The average Bonchev–Trinajstić information content (AvgIpc) is 3.29. The van der Waals surface area contributed by atoms with Crippen LogP contribution < -0.4 is 10.1 Å². The van der Waals surface area contributed by atoms with Crippen LogP contribution in [-0.4, -0.2) is 35.1 Å². The van der Waals surface area contributed by atoms with E-state index in [-0.39, 0.29) is 0 Å². The van der Waals surface area contributed by atoms with E-state index >= 15 is 0 Å². The smallest absolute Gasteiger partial charge is 0.145 e. The minimum Gasteiger partial charge on any atom is -0.484 e. The lowest BCUT2D eigenvalue weighted by Crippen LogP contribution is -2.24. The van der Waals surface area contributed by atoms with Crippen LogP contribution in [0.15, 0.2) is 41.7 Å². The molecule has 0 saturated heterocycles. The van der Waals surface area contributed by atoms with Gasteiger partial charge in [0.05, 0.1) is 22.6 Å². The molecular weight excluding hydrogens is 360 g/mol. The highest BCUT2D eigenvalue weighted by atomic mass is 35.5. The maximum absolute atomic E-state index is 6.81. The molecule has 1 N–H and O–H groups in total. The lowest BCUT2D eigenvalue weighted by Gasteiger charge is -2.09. The number of nitrogens with one attached hydrogen (secondary N) is 1. The summed E-state index contributed by atoms with van der Waals surface area (Å²) < 4.78 is 8.16. The third kappa shape index (κ3) is 2.46. The Balaban J connectivity index is 1.73. The highest BCUT2D eigenvalue weighted by Gasteiger charge is 2.18. The third-order valence-corrected chi connectivity index (χ3v) is 5.70. The number of hydrogen-bond donors (Lipinski definition) is 1.